The maximum atomic E-state index is 12.0. The maximum absolute atomic E-state index is 12.0. The monoisotopic (exact) mass is 301 g/mol. The van der Waals surface area contributed by atoms with Crippen LogP contribution < -0.4 is 0 Å². The fourth-order valence-corrected chi connectivity index (χ4v) is 2.59. The summed E-state index contributed by atoms with van der Waals surface area (Å²) in [5, 5.41) is 0. The summed E-state index contributed by atoms with van der Waals surface area (Å²) in [5.41, 5.74) is 0.871. The second-order valence-corrected chi connectivity index (χ2v) is 6.28. The molecule has 0 amide bonds. The molecule has 86 valence electrons. The molecule has 1 aromatic carbocycles. The van der Waals surface area contributed by atoms with E-state index in [4.69, 9.17) is 6.42 Å². The van der Waals surface area contributed by atoms with Gasteiger partial charge < -0.3 is 0 Å². The first-order valence-corrected chi connectivity index (χ1v) is 6.79. The van der Waals surface area contributed by atoms with E-state index in [9.17, 15) is 8.42 Å². The Labute approximate surface area is 105 Å². The van der Waals surface area contributed by atoms with Crippen molar-refractivity contribution in [2.45, 2.75) is 11.8 Å². The van der Waals surface area contributed by atoms with E-state index >= 15 is 0 Å². The van der Waals surface area contributed by atoms with Gasteiger partial charge in [-0.05, 0) is 30.7 Å². The van der Waals surface area contributed by atoms with Crippen molar-refractivity contribution in [3.63, 3.8) is 0 Å². The quantitative estimate of drug-likeness (QED) is 0.801. The van der Waals surface area contributed by atoms with E-state index in [0.717, 1.165) is 14.3 Å². The molecule has 3 nitrogen and oxygen atoms in total. The first kappa shape index (κ1) is 13.2. The molecule has 0 aromatic heterocycles. The van der Waals surface area contributed by atoms with Crippen molar-refractivity contribution in [3.05, 3.63) is 28.2 Å². The first-order chi connectivity index (χ1) is 7.39. The summed E-state index contributed by atoms with van der Waals surface area (Å²) in [6, 6.07) is 4.89. The van der Waals surface area contributed by atoms with Crippen molar-refractivity contribution in [1.29, 1.82) is 0 Å². The fraction of sp³-hybridized carbons (Fsp3) is 0.273. The van der Waals surface area contributed by atoms with Crippen LogP contribution in [0.3, 0.4) is 0 Å². The molecule has 5 heteroatoms. The molecule has 1 aromatic rings. The maximum Gasteiger partial charge on any atom is 0.243 e. The molecule has 0 aliphatic rings. The van der Waals surface area contributed by atoms with Gasteiger partial charge in [-0.2, -0.15) is 4.31 Å². The molecule has 0 bridgehead atoms. The Bertz CT molecular complexity index is 531. The van der Waals surface area contributed by atoms with E-state index in [0.29, 0.717) is 0 Å². The lowest BCUT2D eigenvalue weighted by Crippen LogP contribution is -2.27. The summed E-state index contributed by atoms with van der Waals surface area (Å²) in [6.45, 7) is 1.90. The number of hydrogen-bond donors (Lipinski definition) is 0. The summed E-state index contributed by atoms with van der Waals surface area (Å²) in [4.78, 5) is 0.256. The Hall–Kier alpha value is -0.830. The second kappa shape index (κ2) is 5.00. The number of terminal acetylenes is 1. The zero-order valence-electron chi connectivity index (χ0n) is 9.07. The summed E-state index contributed by atoms with van der Waals surface area (Å²) in [5.74, 6) is 2.31. The van der Waals surface area contributed by atoms with Crippen LogP contribution in [0.2, 0.25) is 0 Å². The Balaban J connectivity index is 3.18. The zero-order valence-corrected chi connectivity index (χ0v) is 11.5. The van der Waals surface area contributed by atoms with Gasteiger partial charge in [-0.3, -0.25) is 0 Å². The molecule has 0 fully saturated rings. The van der Waals surface area contributed by atoms with Crippen molar-refractivity contribution in [1.82, 2.24) is 4.31 Å². The molecule has 0 N–H and O–H groups in total. The lowest BCUT2D eigenvalue weighted by atomic mass is 10.2. The van der Waals surface area contributed by atoms with Crippen molar-refractivity contribution in [2.24, 2.45) is 0 Å². The smallest absolute Gasteiger partial charge is 0.207 e. The number of benzene rings is 1. The molecule has 0 aliphatic heterocycles. The number of sulfonamides is 1. The minimum atomic E-state index is -3.47. The van der Waals surface area contributed by atoms with Gasteiger partial charge in [0.25, 0.3) is 0 Å². The summed E-state index contributed by atoms with van der Waals surface area (Å²) in [7, 11) is -2.01. The predicted octanol–water partition coefficient (Wildman–Crippen LogP) is 2.01. The standard InChI is InChI=1S/C11H12BrNO2S/c1-4-7-13(3)16(14,15)10-5-6-11(12)9(2)8-10/h1,5-6,8H,7H2,2-3H3. The Morgan fingerprint density at radius 1 is 1.50 bits per heavy atom. The first-order valence-electron chi connectivity index (χ1n) is 4.55. The fourth-order valence-electron chi connectivity index (χ4n) is 1.17. The van der Waals surface area contributed by atoms with Crippen LogP contribution in [0.5, 0.6) is 0 Å². The van der Waals surface area contributed by atoms with Crippen LogP contribution in [0, 0.1) is 19.3 Å². The van der Waals surface area contributed by atoms with Crippen LogP contribution in [-0.2, 0) is 10.0 Å². The predicted molar refractivity (Wildman–Crippen MR) is 67.5 cm³/mol. The van der Waals surface area contributed by atoms with Gasteiger partial charge in [0, 0.05) is 11.5 Å². The van der Waals surface area contributed by atoms with Crippen LogP contribution in [0.1, 0.15) is 5.56 Å². The highest BCUT2D eigenvalue weighted by molar-refractivity contribution is 9.10. The average Bonchev–Trinajstić information content (AvgIpc) is 2.22. The lowest BCUT2D eigenvalue weighted by Gasteiger charge is -2.14. The molecule has 0 heterocycles. The van der Waals surface area contributed by atoms with Gasteiger partial charge >= 0.3 is 0 Å². The summed E-state index contributed by atoms with van der Waals surface area (Å²) >= 11 is 3.32. The topological polar surface area (TPSA) is 37.4 Å². The normalized spacial score (nSPS) is 11.4. The van der Waals surface area contributed by atoms with Gasteiger partial charge in [-0.1, -0.05) is 21.9 Å². The van der Waals surface area contributed by atoms with Gasteiger partial charge in [0.2, 0.25) is 10.0 Å². The highest BCUT2D eigenvalue weighted by Crippen LogP contribution is 2.21. The van der Waals surface area contributed by atoms with Crippen LogP contribution in [0.15, 0.2) is 27.6 Å². The van der Waals surface area contributed by atoms with Crippen molar-refractivity contribution in [2.75, 3.05) is 13.6 Å². The van der Waals surface area contributed by atoms with Gasteiger partial charge in [0.15, 0.2) is 0 Å². The third-order valence-electron chi connectivity index (χ3n) is 2.15. The molecule has 0 aliphatic carbocycles. The van der Waals surface area contributed by atoms with E-state index in [1.54, 1.807) is 18.2 Å². The van der Waals surface area contributed by atoms with Crippen LogP contribution in [0.4, 0.5) is 0 Å². The highest BCUT2D eigenvalue weighted by atomic mass is 79.9. The largest absolute Gasteiger partial charge is 0.243 e. The van der Waals surface area contributed by atoms with Gasteiger partial charge in [0.05, 0.1) is 11.4 Å². The highest BCUT2D eigenvalue weighted by Gasteiger charge is 2.20. The molecule has 0 spiro atoms. The van der Waals surface area contributed by atoms with E-state index in [1.807, 2.05) is 6.92 Å². The molecule has 16 heavy (non-hydrogen) atoms. The van der Waals surface area contributed by atoms with Crippen LogP contribution in [0.25, 0.3) is 0 Å². The van der Waals surface area contributed by atoms with Crippen molar-refractivity contribution >= 4 is 26.0 Å². The van der Waals surface area contributed by atoms with Crippen LogP contribution >= 0.6 is 15.9 Å². The summed E-state index contributed by atoms with van der Waals surface area (Å²) in [6.07, 6.45) is 5.09. The third-order valence-corrected chi connectivity index (χ3v) is 4.84. The molecular weight excluding hydrogens is 290 g/mol. The minimum absolute atomic E-state index is 0.0669. The minimum Gasteiger partial charge on any atom is -0.207 e. The lowest BCUT2D eigenvalue weighted by molar-refractivity contribution is 0.503. The molecule has 0 atom stereocenters. The molecule has 0 saturated carbocycles. The Morgan fingerprint density at radius 2 is 2.12 bits per heavy atom. The van der Waals surface area contributed by atoms with E-state index in [-0.39, 0.29) is 11.4 Å². The number of aryl methyl sites for hydroxylation is 1. The van der Waals surface area contributed by atoms with Crippen LogP contribution in [-0.4, -0.2) is 26.3 Å². The number of halogens is 1. The zero-order chi connectivity index (χ0) is 12.3. The van der Waals surface area contributed by atoms with Crippen molar-refractivity contribution in [3.8, 4) is 12.3 Å². The Morgan fingerprint density at radius 3 is 2.62 bits per heavy atom. The van der Waals surface area contributed by atoms with Gasteiger partial charge in [-0.25, -0.2) is 8.42 Å². The number of nitrogens with zero attached hydrogens (tertiary/aromatic N) is 1. The molecular formula is C11H12BrNO2S. The SMILES string of the molecule is C#CCN(C)S(=O)(=O)c1ccc(Br)c(C)c1. The third kappa shape index (κ3) is 2.64. The van der Waals surface area contributed by atoms with E-state index in [1.165, 1.54) is 7.05 Å². The number of rotatable bonds is 3. The molecule has 0 unspecified atom stereocenters. The average molecular weight is 302 g/mol. The Kier molecular flexibility index (Phi) is 4.14. The van der Waals surface area contributed by atoms with E-state index < -0.39 is 10.0 Å². The van der Waals surface area contributed by atoms with Crippen molar-refractivity contribution < 1.29 is 8.42 Å². The number of hydrogen-bond acceptors (Lipinski definition) is 2. The molecule has 1 rings (SSSR count). The second-order valence-electron chi connectivity index (χ2n) is 3.38. The van der Waals surface area contributed by atoms with E-state index in [2.05, 4.69) is 21.9 Å². The molecule has 0 saturated heterocycles. The van der Waals surface area contributed by atoms with Gasteiger partial charge in [0.1, 0.15) is 0 Å². The molecule has 0 radical (unpaired) electrons. The van der Waals surface area contributed by atoms with Gasteiger partial charge in [-0.15, -0.1) is 6.42 Å². The summed E-state index contributed by atoms with van der Waals surface area (Å²) < 4.78 is 26.0.